The quantitative estimate of drug-likeness (QED) is 0.233. The molecule has 4 aromatic rings. The number of imide groups is 1. The van der Waals surface area contributed by atoms with Crippen molar-refractivity contribution in [2.45, 2.75) is 20.1 Å². The van der Waals surface area contributed by atoms with E-state index in [0.717, 1.165) is 38.5 Å². The number of hydrogen-bond acceptors (Lipinski definition) is 4. The molecule has 0 N–H and O–H groups in total. The van der Waals surface area contributed by atoms with E-state index in [1.165, 1.54) is 15.7 Å². The fourth-order valence-corrected chi connectivity index (χ4v) is 5.31. The summed E-state index contributed by atoms with van der Waals surface area (Å²) in [5.74, 6) is 0.440. The Labute approximate surface area is 216 Å². The number of thioether (sulfide) groups is 1. The molecule has 1 aliphatic heterocycles. The first-order chi connectivity index (χ1) is 17.0. The molecule has 6 heteroatoms. The van der Waals surface area contributed by atoms with E-state index in [4.69, 9.17) is 4.74 Å². The van der Waals surface area contributed by atoms with Crippen LogP contribution < -0.4 is 4.74 Å². The first-order valence-corrected chi connectivity index (χ1v) is 12.8. The Morgan fingerprint density at radius 1 is 0.943 bits per heavy atom. The Morgan fingerprint density at radius 2 is 1.71 bits per heavy atom. The molecule has 35 heavy (non-hydrogen) atoms. The molecule has 0 bridgehead atoms. The fourth-order valence-electron chi connectivity index (χ4n) is 3.96. The Bertz CT molecular complexity index is 1460. The summed E-state index contributed by atoms with van der Waals surface area (Å²) in [6.07, 6.45) is 1.75. The van der Waals surface area contributed by atoms with Crippen LogP contribution in [0.5, 0.6) is 5.75 Å². The highest BCUT2D eigenvalue weighted by atomic mass is 79.9. The molecule has 1 aliphatic rings. The Hall–Kier alpha value is -3.35. The van der Waals surface area contributed by atoms with Gasteiger partial charge >= 0.3 is 0 Å². The number of fused-ring (bicyclic) bond motifs is 1. The monoisotopic (exact) mass is 543 g/mol. The molecular formula is C29H22BrNO3S. The largest absolute Gasteiger partial charge is 0.488 e. The number of nitrogens with zero attached hydrogens (tertiary/aromatic N) is 1. The molecule has 4 aromatic carbocycles. The van der Waals surface area contributed by atoms with Crippen LogP contribution in [0.3, 0.4) is 0 Å². The van der Waals surface area contributed by atoms with Gasteiger partial charge in [-0.25, -0.2) is 0 Å². The van der Waals surface area contributed by atoms with Crippen molar-refractivity contribution < 1.29 is 14.3 Å². The minimum Gasteiger partial charge on any atom is -0.488 e. The van der Waals surface area contributed by atoms with Crippen molar-refractivity contribution >= 4 is 55.7 Å². The SMILES string of the molecule is Cc1ccc(CN2C(=O)S/C(=C\c3ccc(OCc4cccc5ccccc45)c(Br)c3)C2=O)cc1. The van der Waals surface area contributed by atoms with E-state index >= 15 is 0 Å². The van der Waals surface area contributed by atoms with Gasteiger partial charge in [0.1, 0.15) is 12.4 Å². The van der Waals surface area contributed by atoms with Crippen LogP contribution in [0.25, 0.3) is 16.8 Å². The average molecular weight is 544 g/mol. The summed E-state index contributed by atoms with van der Waals surface area (Å²) in [5, 5.41) is 2.10. The molecule has 4 nitrogen and oxygen atoms in total. The van der Waals surface area contributed by atoms with Crippen LogP contribution in [0.4, 0.5) is 4.79 Å². The summed E-state index contributed by atoms with van der Waals surface area (Å²) in [6.45, 7) is 2.72. The minimum atomic E-state index is -0.270. The normalized spacial score (nSPS) is 14.8. The van der Waals surface area contributed by atoms with Gasteiger partial charge in [0.05, 0.1) is 15.9 Å². The zero-order valence-electron chi connectivity index (χ0n) is 19.0. The number of ether oxygens (including phenoxy) is 1. The molecule has 0 atom stereocenters. The maximum absolute atomic E-state index is 12.9. The van der Waals surface area contributed by atoms with Gasteiger partial charge in [0, 0.05) is 0 Å². The van der Waals surface area contributed by atoms with E-state index in [1.54, 1.807) is 6.08 Å². The van der Waals surface area contributed by atoms with E-state index < -0.39 is 0 Å². The van der Waals surface area contributed by atoms with E-state index in [2.05, 4.69) is 40.2 Å². The molecule has 1 saturated heterocycles. The van der Waals surface area contributed by atoms with Gasteiger partial charge in [-0.1, -0.05) is 78.4 Å². The molecule has 0 aliphatic carbocycles. The third-order valence-corrected chi connectivity index (χ3v) is 7.38. The molecule has 0 aromatic heterocycles. The molecule has 174 valence electrons. The van der Waals surface area contributed by atoms with Crippen LogP contribution in [-0.2, 0) is 17.9 Å². The number of aryl methyl sites for hydroxylation is 1. The van der Waals surface area contributed by atoms with Gasteiger partial charge in [0.25, 0.3) is 11.1 Å². The van der Waals surface area contributed by atoms with Crippen molar-refractivity contribution in [3.8, 4) is 5.75 Å². The molecule has 0 spiro atoms. The Morgan fingerprint density at radius 3 is 2.51 bits per heavy atom. The summed E-state index contributed by atoms with van der Waals surface area (Å²) >= 11 is 4.56. The number of amides is 2. The third-order valence-electron chi connectivity index (χ3n) is 5.85. The molecule has 0 radical (unpaired) electrons. The highest BCUT2D eigenvalue weighted by Gasteiger charge is 2.35. The first kappa shape index (κ1) is 23.4. The van der Waals surface area contributed by atoms with Crippen molar-refractivity contribution in [3.05, 3.63) is 117 Å². The molecule has 2 amide bonds. The number of halogens is 1. The topological polar surface area (TPSA) is 46.6 Å². The highest BCUT2D eigenvalue weighted by molar-refractivity contribution is 9.10. The summed E-state index contributed by atoms with van der Waals surface area (Å²) in [7, 11) is 0. The van der Waals surface area contributed by atoms with Crippen LogP contribution in [-0.4, -0.2) is 16.0 Å². The minimum absolute atomic E-state index is 0.254. The van der Waals surface area contributed by atoms with Crippen molar-refractivity contribution in [1.82, 2.24) is 4.90 Å². The van der Waals surface area contributed by atoms with Crippen LogP contribution in [0.2, 0.25) is 0 Å². The second-order valence-electron chi connectivity index (χ2n) is 8.37. The lowest BCUT2D eigenvalue weighted by Crippen LogP contribution is -2.27. The summed E-state index contributed by atoms with van der Waals surface area (Å²) < 4.78 is 6.87. The van der Waals surface area contributed by atoms with Gasteiger partial charge in [-0.05, 0) is 80.3 Å². The van der Waals surface area contributed by atoms with Gasteiger partial charge in [-0.2, -0.15) is 0 Å². The van der Waals surface area contributed by atoms with Gasteiger partial charge in [-0.15, -0.1) is 0 Å². The number of hydrogen-bond donors (Lipinski definition) is 0. The lowest BCUT2D eigenvalue weighted by atomic mass is 10.1. The zero-order chi connectivity index (χ0) is 24.4. The van der Waals surface area contributed by atoms with Crippen LogP contribution >= 0.6 is 27.7 Å². The van der Waals surface area contributed by atoms with Crippen molar-refractivity contribution in [3.63, 3.8) is 0 Å². The summed E-state index contributed by atoms with van der Waals surface area (Å²) in [5.41, 5.74) is 3.99. The first-order valence-electron chi connectivity index (χ1n) is 11.2. The van der Waals surface area contributed by atoms with E-state index in [9.17, 15) is 9.59 Å². The number of carbonyl (C=O) groups excluding carboxylic acids is 2. The molecular weight excluding hydrogens is 522 g/mol. The van der Waals surface area contributed by atoms with E-state index in [1.807, 2.05) is 67.6 Å². The van der Waals surface area contributed by atoms with Gasteiger partial charge in [0.2, 0.25) is 0 Å². The molecule has 1 fully saturated rings. The zero-order valence-corrected chi connectivity index (χ0v) is 21.4. The summed E-state index contributed by atoms with van der Waals surface area (Å²) in [6, 6.07) is 27.9. The predicted octanol–water partition coefficient (Wildman–Crippen LogP) is 7.73. The van der Waals surface area contributed by atoms with Crippen LogP contribution in [0.1, 0.15) is 22.3 Å². The van der Waals surface area contributed by atoms with Crippen molar-refractivity contribution in [2.24, 2.45) is 0 Å². The lowest BCUT2D eigenvalue weighted by Gasteiger charge is -2.12. The molecule has 0 unspecified atom stereocenters. The van der Waals surface area contributed by atoms with Crippen molar-refractivity contribution in [1.29, 1.82) is 0 Å². The van der Waals surface area contributed by atoms with Gasteiger partial charge in [0.15, 0.2) is 0 Å². The number of rotatable bonds is 6. The maximum atomic E-state index is 12.9. The summed E-state index contributed by atoms with van der Waals surface area (Å²) in [4.78, 5) is 27.1. The van der Waals surface area contributed by atoms with Gasteiger partial charge in [-0.3, -0.25) is 14.5 Å². The average Bonchev–Trinajstić information content (AvgIpc) is 3.12. The number of benzene rings is 4. The van der Waals surface area contributed by atoms with E-state index in [0.29, 0.717) is 17.3 Å². The Balaban J connectivity index is 1.29. The second-order valence-corrected chi connectivity index (χ2v) is 10.2. The fraction of sp³-hybridized carbons (Fsp3) is 0.103. The Kier molecular flexibility index (Phi) is 6.75. The second kappa shape index (κ2) is 10.1. The van der Waals surface area contributed by atoms with Crippen molar-refractivity contribution in [2.75, 3.05) is 0 Å². The van der Waals surface area contributed by atoms with Gasteiger partial charge < -0.3 is 4.74 Å². The maximum Gasteiger partial charge on any atom is 0.293 e. The van der Waals surface area contributed by atoms with Crippen LogP contribution in [0, 0.1) is 6.92 Å². The highest BCUT2D eigenvalue weighted by Crippen LogP contribution is 2.35. The predicted molar refractivity (Wildman–Crippen MR) is 145 cm³/mol. The van der Waals surface area contributed by atoms with Crippen LogP contribution in [0.15, 0.2) is 94.3 Å². The number of carbonyl (C=O) groups is 2. The lowest BCUT2D eigenvalue weighted by molar-refractivity contribution is -0.123. The molecule has 1 heterocycles. The standard InChI is InChI=1S/C29H22BrNO3S/c1-19-9-11-20(12-10-19)17-31-28(32)27(35-29(31)33)16-21-13-14-26(25(30)15-21)34-18-23-7-4-6-22-5-2-3-8-24(22)23/h2-16H,17-18H2,1H3/b27-16-. The van der Waals surface area contributed by atoms with E-state index in [-0.39, 0.29) is 17.7 Å². The molecule has 5 rings (SSSR count). The third kappa shape index (κ3) is 5.19. The smallest absolute Gasteiger partial charge is 0.293 e. The molecule has 0 saturated carbocycles.